The maximum atomic E-state index is 13.3. The zero-order valence-corrected chi connectivity index (χ0v) is 23.1. The van der Waals surface area contributed by atoms with Gasteiger partial charge in [0.1, 0.15) is 23.9 Å². The van der Waals surface area contributed by atoms with Gasteiger partial charge in [-0.2, -0.15) is 0 Å². The summed E-state index contributed by atoms with van der Waals surface area (Å²) in [5.74, 6) is -4.28. The van der Waals surface area contributed by atoms with Gasteiger partial charge in [0, 0.05) is 19.3 Å². The van der Waals surface area contributed by atoms with Crippen LogP contribution in [0.15, 0.2) is 24.3 Å². The van der Waals surface area contributed by atoms with Crippen LogP contribution in [0.1, 0.15) is 84.1 Å². The lowest BCUT2D eigenvalue weighted by Gasteiger charge is -2.25. The SMILES string of the molecule is CCCCCCCC(=O)N[C@@H](Cc1ccc(O)cc1)C(=O)N[C@@H](CCC(=O)O)C(=O)N[C@@H](CC(C)C)C(=O)O. The van der Waals surface area contributed by atoms with Crippen LogP contribution in [0.5, 0.6) is 5.75 Å². The predicted molar refractivity (Wildman–Crippen MR) is 145 cm³/mol. The molecule has 0 unspecified atom stereocenters. The molecule has 1 aromatic rings. The molecule has 0 radical (unpaired) electrons. The van der Waals surface area contributed by atoms with Gasteiger partial charge in [-0.1, -0.05) is 58.6 Å². The number of rotatable bonds is 19. The van der Waals surface area contributed by atoms with E-state index in [0.717, 1.165) is 25.7 Å². The summed E-state index contributed by atoms with van der Waals surface area (Å²) in [6.45, 7) is 5.69. The Balaban J connectivity index is 3.05. The molecule has 39 heavy (non-hydrogen) atoms. The van der Waals surface area contributed by atoms with Crippen LogP contribution in [0.4, 0.5) is 0 Å². The van der Waals surface area contributed by atoms with Gasteiger partial charge in [0.15, 0.2) is 0 Å². The molecule has 3 atom stereocenters. The Labute approximate surface area is 229 Å². The number of hydrogen-bond acceptors (Lipinski definition) is 6. The molecule has 3 amide bonds. The molecular formula is C28H43N3O8. The van der Waals surface area contributed by atoms with E-state index in [0.29, 0.717) is 12.0 Å². The molecule has 11 heteroatoms. The molecule has 0 saturated heterocycles. The van der Waals surface area contributed by atoms with E-state index >= 15 is 0 Å². The molecule has 0 bridgehead atoms. The van der Waals surface area contributed by atoms with E-state index in [2.05, 4.69) is 22.9 Å². The first-order valence-electron chi connectivity index (χ1n) is 13.6. The van der Waals surface area contributed by atoms with E-state index in [4.69, 9.17) is 5.11 Å². The van der Waals surface area contributed by atoms with Crippen LogP contribution >= 0.6 is 0 Å². The number of carboxylic acid groups (broad SMARTS) is 2. The fraction of sp³-hybridized carbons (Fsp3) is 0.607. The van der Waals surface area contributed by atoms with Crippen molar-refractivity contribution in [3.63, 3.8) is 0 Å². The maximum Gasteiger partial charge on any atom is 0.326 e. The van der Waals surface area contributed by atoms with Gasteiger partial charge in [0.25, 0.3) is 0 Å². The van der Waals surface area contributed by atoms with E-state index in [1.54, 1.807) is 26.0 Å². The standard InChI is InChI=1S/C28H43N3O8/c1-4-5-6-7-8-9-24(33)29-22(17-19-10-12-20(32)13-11-19)27(37)30-21(14-15-25(34)35)26(36)31-23(28(38)39)16-18(2)3/h10-13,18,21-23,32H,4-9,14-17H2,1-3H3,(H,29,33)(H,30,37)(H,31,36)(H,34,35)(H,38,39)/t21-,22-,23-/m0/s1. The summed E-state index contributed by atoms with van der Waals surface area (Å²) in [5.41, 5.74) is 0.644. The zero-order chi connectivity index (χ0) is 29.4. The second kappa shape index (κ2) is 17.8. The van der Waals surface area contributed by atoms with Gasteiger partial charge in [0.05, 0.1) is 0 Å². The van der Waals surface area contributed by atoms with Gasteiger partial charge in [0.2, 0.25) is 17.7 Å². The number of phenolic OH excluding ortho intramolecular Hbond substituents is 1. The summed E-state index contributed by atoms with van der Waals surface area (Å²) in [7, 11) is 0. The number of benzene rings is 1. The summed E-state index contributed by atoms with van der Waals surface area (Å²) in [6, 6.07) is 2.49. The number of carboxylic acids is 2. The van der Waals surface area contributed by atoms with Gasteiger partial charge in [-0.3, -0.25) is 19.2 Å². The zero-order valence-electron chi connectivity index (χ0n) is 23.1. The highest BCUT2D eigenvalue weighted by Crippen LogP contribution is 2.13. The lowest BCUT2D eigenvalue weighted by molar-refractivity contribution is -0.143. The van der Waals surface area contributed by atoms with E-state index in [9.17, 15) is 34.2 Å². The summed E-state index contributed by atoms with van der Waals surface area (Å²) in [4.78, 5) is 61.7. The maximum absolute atomic E-state index is 13.3. The summed E-state index contributed by atoms with van der Waals surface area (Å²) >= 11 is 0. The minimum atomic E-state index is -1.32. The molecule has 0 aliphatic rings. The number of phenols is 1. The van der Waals surface area contributed by atoms with Gasteiger partial charge in [-0.15, -0.1) is 0 Å². The molecule has 0 aliphatic carbocycles. The highest BCUT2D eigenvalue weighted by Gasteiger charge is 2.30. The second-order valence-corrected chi connectivity index (χ2v) is 10.2. The Bertz CT molecular complexity index is 949. The number of amides is 3. The van der Waals surface area contributed by atoms with Gasteiger partial charge < -0.3 is 31.3 Å². The average Bonchev–Trinajstić information content (AvgIpc) is 2.86. The van der Waals surface area contributed by atoms with Crippen LogP contribution < -0.4 is 16.0 Å². The van der Waals surface area contributed by atoms with Gasteiger partial charge in [-0.05, 0) is 42.9 Å². The Morgan fingerprint density at radius 1 is 0.769 bits per heavy atom. The molecular weight excluding hydrogens is 506 g/mol. The number of carbonyl (C=O) groups excluding carboxylic acids is 3. The third-order valence-corrected chi connectivity index (χ3v) is 6.14. The van der Waals surface area contributed by atoms with Gasteiger partial charge in [-0.25, -0.2) is 4.79 Å². The smallest absolute Gasteiger partial charge is 0.326 e. The normalized spacial score (nSPS) is 13.2. The van der Waals surface area contributed by atoms with Crippen molar-refractivity contribution in [1.82, 2.24) is 16.0 Å². The molecule has 0 saturated carbocycles. The Hall–Kier alpha value is -3.63. The van der Waals surface area contributed by atoms with Crippen LogP contribution in [-0.4, -0.2) is 63.1 Å². The molecule has 0 aromatic heterocycles. The fourth-order valence-electron chi connectivity index (χ4n) is 4.01. The van der Waals surface area contributed by atoms with E-state index in [1.807, 2.05) is 0 Å². The van der Waals surface area contributed by atoms with Crippen molar-refractivity contribution in [3.05, 3.63) is 29.8 Å². The third-order valence-electron chi connectivity index (χ3n) is 6.14. The average molecular weight is 550 g/mol. The minimum Gasteiger partial charge on any atom is -0.508 e. The minimum absolute atomic E-state index is 0.0367. The topological polar surface area (TPSA) is 182 Å². The second-order valence-electron chi connectivity index (χ2n) is 10.2. The van der Waals surface area contributed by atoms with Crippen molar-refractivity contribution in [2.24, 2.45) is 5.92 Å². The van der Waals surface area contributed by atoms with Crippen LogP contribution in [0, 0.1) is 5.92 Å². The van der Waals surface area contributed by atoms with Crippen LogP contribution in [-0.2, 0) is 30.4 Å². The Kier molecular flexibility index (Phi) is 15.2. The number of nitrogens with one attached hydrogen (secondary N) is 3. The molecule has 11 nitrogen and oxygen atoms in total. The lowest BCUT2D eigenvalue weighted by atomic mass is 10.0. The van der Waals surface area contributed by atoms with Crippen molar-refractivity contribution in [2.75, 3.05) is 0 Å². The van der Waals surface area contributed by atoms with Crippen LogP contribution in [0.3, 0.4) is 0 Å². The van der Waals surface area contributed by atoms with E-state index < -0.39 is 48.3 Å². The van der Waals surface area contributed by atoms with Crippen molar-refractivity contribution in [1.29, 1.82) is 0 Å². The largest absolute Gasteiger partial charge is 0.508 e. The molecule has 1 aromatic carbocycles. The quantitative estimate of drug-likeness (QED) is 0.142. The molecule has 218 valence electrons. The highest BCUT2D eigenvalue weighted by molar-refractivity contribution is 5.93. The fourth-order valence-corrected chi connectivity index (χ4v) is 4.01. The molecule has 6 N–H and O–H groups in total. The predicted octanol–water partition coefficient (Wildman–Crippen LogP) is 2.75. The van der Waals surface area contributed by atoms with Crippen molar-refractivity contribution in [2.45, 2.75) is 103 Å². The summed E-state index contributed by atoms with van der Waals surface area (Å²) in [5, 5.41) is 35.8. The molecule has 0 heterocycles. The number of aromatic hydroxyl groups is 1. The first-order chi connectivity index (χ1) is 18.4. The molecule has 0 fully saturated rings. The number of carbonyl (C=O) groups is 5. The van der Waals surface area contributed by atoms with Crippen molar-refractivity contribution < 1.29 is 39.3 Å². The Morgan fingerprint density at radius 2 is 1.36 bits per heavy atom. The first kappa shape index (κ1) is 33.4. The summed E-state index contributed by atoms with van der Waals surface area (Å²) < 4.78 is 0. The van der Waals surface area contributed by atoms with E-state index in [1.165, 1.54) is 12.1 Å². The number of aliphatic carboxylic acids is 2. The number of hydrogen-bond donors (Lipinski definition) is 6. The first-order valence-corrected chi connectivity index (χ1v) is 13.6. The van der Waals surface area contributed by atoms with Gasteiger partial charge >= 0.3 is 11.9 Å². The van der Waals surface area contributed by atoms with E-state index in [-0.39, 0.29) is 43.3 Å². The lowest BCUT2D eigenvalue weighted by Crippen LogP contribution is -2.56. The molecule has 0 spiro atoms. The monoisotopic (exact) mass is 549 g/mol. The number of unbranched alkanes of at least 4 members (excludes halogenated alkanes) is 4. The molecule has 0 aliphatic heterocycles. The van der Waals surface area contributed by atoms with Crippen molar-refractivity contribution in [3.8, 4) is 5.75 Å². The highest BCUT2D eigenvalue weighted by atomic mass is 16.4. The Morgan fingerprint density at radius 3 is 1.92 bits per heavy atom. The summed E-state index contributed by atoms with van der Waals surface area (Å²) in [6.07, 6.45) is 4.44. The van der Waals surface area contributed by atoms with Crippen LogP contribution in [0.25, 0.3) is 0 Å². The van der Waals surface area contributed by atoms with Crippen LogP contribution in [0.2, 0.25) is 0 Å². The third kappa shape index (κ3) is 14.2. The van der Waals surface area contributed by atoms with Crippen molar-refractivity contribution >= 4 is 29.7 Å². The molecule has 1 rings (SSSR count).